The zero-order chi connectivity index (χ0) is 21.9. The smallest absolute Gasteiger partial charge is 0.231 e. The molecule has 5 nitrogen and oxygen atoms in total. The standard InChI is InChI=1S/C27H23NO4/c29-22-13-11-19-8-4-5-9-21(19)26(22)27(20-12-14-23-24(16-20)32-17-31-23)28-25(30)15-10-18-6-2-1-3-7-18/h1-9,11-14,16,27,29H,10,15,17H2,(H,28,30)/t27-/m1/s1. The van der Waals surface area contributed by atoms with Crippen molar-refractivity contribution in [2.75, 3.05) is 6.79 Å². The van der Waals surface area contributed by atoms with Crippen LogP contribution in [0.15, 0.2) is 84.9 Å². The van der Waals surface area contributed by atoms with Gasteiger partial charge in [0, 0.05) is 12.0 Å². The topological polar surface area (TPSA) is 67.8 Å². The van der Waals surface area contributed by atoms with Crippen LogP contribution >= 0.6 is 0 Å². The molecule has 4 aromatic carbocycles. The molecule has 0 unspecified atom stereocenters. The molecule has 1 aliphatic rings. The Morgan fingerprint density at radius 2 is 1.69 bits per heavy atom. The van der Waals surface area contributed by atoms with E-state index in [9.17, 15) is 9.90 Å². The average molecular weight is 425 g/mol. The molecule has 0 aliphatic carbocycles. The van der Waals surface area contributed by atoms with Crippen LogP contribution in [0, 0.1) is 0 Å². The van der Waals surface area contributed by atoms with Crippen LogP contribution in [0.5, 0.6) is 17.2 Å². The first-order chi connectivity index (χ1) is 15.7. The number of hydrogen-bond acceptors (Lipinski definition) is 4. The molecule has 32 heavy (non-hydrogen) atoms. The van der Waals surface area contributed by atoms with Crippen LogP contribution in [-0.2, 0) is 11.2 Å². The summed E-state index contributed by atoms with van der Waals surface area (Å²) in [5.41, 5.74) is 2.58. The number of carbonyl (C=O) groups excluding carboxylic acids is 1. The first kappa shape index (κ1) is 19.9. The maximum absolute atomic E-state index is 13.0. The van der Waals surface area contributed by atoms with E-state index < -0.39 is 6.04 Å². The Labute approximate surface area is 186 Å². The van der Waals surface area contributed by atoms with E-state index in [1.807, 2.05) is 78.9 Å². The molecule has 2 N–H and O–H groups in total. The molecule has 1 amide bonds. The largest absolute Gasteiger partial charge is 0.508 e. The Morgan fingerprint density at radius 1 is 0.906 bits per heavy atom. The summed E-state index contributed by atoms with van der Waals surface area (Å²) in [6.45, 7) is 0.173. The normalized spacial score (nSPS) is 13.1. The Hall–Kier alpha value is -3.99. The number of amides is 1. The molecule has 0 bridgehead atoms. The van der Waals surface area contributed by atoms with Crippen molar-refractivity contribution in [1.82, 2.24) is 5.32 Å². The molecule has 0 saturated carbocycles. The van der Waals surface area contributed by atoms with E-state index in [1.54, 1.807) is 6.07 Å². The molecule has 0 spiro atoms. The highest BCUT2D eigenvalue weighted by Gasteiger charge is 2.25. The number of aromatic hydroxyl groups is 1. The predicted molar refractivity (Wildman–Crippen MR) is 123 cm³/mol. The maximum Gasteiger partial charge on any atom is 0.231 e. The predicted octanol–water partition coefficient (Wildman–Crippen LogP) is 5.11. The van der Waals surface area contributed by atoms with Crippen molar-refractivity contribution in [1.29, 1.82) is 0 Å². The number of phenolic OH excluding ortho intramolecular Hbond substituents is 1. The SMILES string of the molecule is O=C(CCc1ccccc1)N[C@H](c1ccc2c(c1)OCO2)c1c(O)ccc2ccccc12. The number of hydrogen-bond donors (Lipinski definition) is 2. The summed E-state index contributed by atoms with van der Waals surface area (Å²) in [6, 6.07) is 26.4. The lowest BCUT2D eigenvalue weighted by Crippen LogP contribution is -2.29. The lowest BCUT2D eigenvalue weighted by molar-refractivity contribution is -0.121. The fourth-order valence-electron chi connectivity index (χ4n) is 4.14. The van der Waals surface area contributed by atoms with Crippen LogP contribution in [0.25, 0.3) is 10.8 Å². The molecule has 5 heteroatoms. The maximum atomic E-state index is 13.0. The van der Waals surface area contributed by atoms with Gasteiger partial charge in [0.25, 0.3) is 0 Å². The van der Waals surface area contributed by atoms with E-state index in [4.69, 9.17) is 9.47 Å². The molecule has 0 radical (unpaired) electrons. The molecule has 1 heterocycles. The number of rotatable bonds is 6. The molecule has 5 rings (SSSR count). The van der Waals surface area contributed by atoms with Crippen molar-refractivity contribution in [3.63, 3.8) is 0 Å². The fourth-order valence-corrected chi connectivity index (χ4v) is 4.14. The monoisotopic (exact) mass is 425 g/mol. The van der Waals surface area contributed by atoms with E-state index in [0.29, 0.717) is 29.9 Å². The minimum Gasteiger partial charge on any atom is -0.508 e. The van der Waals surface area contributed by atoms with Gasteiger partial charge in [-0.3, -0.25) is 4.79 Å². The molecule has 4 aromatic rings. The van der Waals surface area contributed by atoms with Gasteiger partial charge in [-0.1, -0.05) is 66.7 Å². The number of nitrogens with one attached hydrogen (secondary N) is 1. The Balaban J connectivity index is 1.51. The van der Waals surface area contributed by atoms with Crippen molar-refractivity contribution < 1.29 is 19.4 Å². The first-order valence-corrected chi connectivity index (χ1v) is 10.6. The molecular formula is C27H23NO4. The lowest BCUT2D eigenvalue weighted by Gasteiger charge is -2.23. The number of carbonyl (C=O) groups is 1. The van der Waals surface area contributed by atoms with Crippen molar-refractivity contribution >= 4 is 16.7 Å². The van der Waals surface area contributed by atoms with Gasteiger partial charge in [-0.15, -0.1) is 0 Å². The molecule has 1 aliphatic heterocycles. The van der Waals surface area contributed by atoms with Gasteiger partial charge in [-0.05, 0) is 46.5 Å². The van der Waals surface area contributed by atoms with Gasteiger partial charge in [0.05, 0.1) is 6.04 Å². The van der Waals surface area contributed by atoms with Gasteiger partial charge in [-0.25, -0.2) is 0 Å². The van der Waals surface area contributed by atoms with Crippen LogP contribution in [-0.4, -0.2) is 17.8 Å². The summed E-state index contributed by atoms with van der Waals surface area (Å²) in [6.07, 6.45) is 0.985. The summed E-state index contributed by atoms with van der Waals surface area (Å²) in [4.78, 5) is 13.0. The third-order valence-electron chi connectivity index (χ3n) is 5.76. The van der Waals surface area contributed by atoms with Crippen LogP contribution in [0.3, 0.4) is 0 Å². The van der Waals surface area contributed by atoms with Gasteiger partial charge in [0.2, 0.25) is 12.7 Å². The lowest BCUT2D eigenvalue weighted by atomic mass is 9.92. The zero-order valence-corrected chi connectivity index (χ0v) is 17.5. The highest BCUT2D eigenvalue weighted by atomic mass is 16.7. The molecule has 0 aromatic heterocycles. The number of aryl methyl sites for hydroxylation is 1. The molecule has 160 valence electrons. The number of phenols is 1. The summed E-state index contributed by atoms with van der Waals surface area (Å²) in [5, 5.41) is 15.9. The van der Waals surface area contributed by atoms with E-state index >= 15 is 0 Å². The second-order valence-electron chi connectivity index (χ2n) is 7.82. The molecular weight excluding hydrogens is 402 g/mol. The van der Waals surface area contributed by atoms with Crippen molar-refractivity contribution in [3.05, 3.63) is 102 Å². The van der Waals surface area contributed by atoms with Gasteiger partial charge >= 0.3 is 0 Å². The first-order valence-electron chi connectivity index (χ1n) is 10.6. The second-order valence-corrected chi connectivity index (χ2v) is 7.82. The third kappa shape index (κ3) is 3.97. The van der Waals surface area contributed by atoms with Gasteiger partial charge < -0.3 is 19.9 Å². The number of ether oxygens (including phenoxy) is 2. The van der Waals surface area contributed by atoms with E-state index in [1.165, 1.54) is 0 Å². The number of benzene rings is 4. The van der Waals surface area contributed by atoms with Crippen LogP contribution in [0.1, 0.15) is 29.2 Å². The quantitative estimate of drug-likeness (QED) is 0.450. The molecule has 0 saturated heterocycles. The zero-order valence-electron chi connectivity index (χ0n) is 17.5. The Kier molecular flexibility index (Phi) is 5.38. The van der Waals surface area contributed by atoms with Gasteiger partial charge in [0.1, 0.15) is 5.75 Å². The molecule has 0 fully saturated rings. The van der Waals surface area contributed by atoms with Gasteiger partial charge in [-0.2, -0.15) is 0 Å². The Morgan fingerprint density at radius 3 is 2.56 bits per heavy atom. The third-order valence-corrected chi connectivity index (χ3v) is 5.76. The minimum absolute atomic E-state index is 0.0937. The highest BCUT2D eigenvalue weighted by Crippen LogP contribution is 2.40. The van der Waals surface area contributed by atoms with E-state index in [-0.39, 0.29) is 18.4 Å². The second kappa shape index (κ2) is 8.63. The summed E-state index contributed by atoms with van der Waals surface area (Å²) < 4.78 is 11.0. The average Bonchev–Trinajstić information content (AvgIpc) is 3.30. The number of fused-ring (bicyclic) bond motifs is 2. The highest BCUT2D eigenvalue weighted by molar-refractivity contribution is 5.89. The van der Waals surface area contributed by atoms with E-state index in [2.05, 4.69) is 5.32 Å². The van der Waals surface area contributed by atoms with Crippen LogP contribution < -0.4 is 14.8 Å². The minimum atomic E-state index is -0.543. The van der Waals surface area contributed by atoms with E-state index in [0.717, 1.165) is 21.9 Å². The van der Waals surface area contributed by atoms with Crippen LogP contribution in [0.2, 0.25) is 0 Å². The summed E-state index contributed by atoms with van der Waals surface area (Å²) in [5.74, 6) is 1.34. The summed E-state index contributed by atoms with van der Waals surface area (Å²) in [7, 11) is 0. The Bertz CT molecular complexity index is 1270. The van der Waals surface area contributed by atoms with Crippen LogP contribution in [0.4, 0.5) is 0 Å². The fraction of sp³-hybridized carbons (Fsp3) is 0.148. The van der Waals surface area contributed by atoms with Gasteiger partial charge in [0.15, 0.2) is 11.5 Å². The van der Waals surface area contributed by atoms with Crippen molar-refractivity contribution in [3.8, 4) is 17.2 Å². The van der Waals surface area contributed by atoms with Crippen molar-refractivity contribution in [2.24, 2.45) is 0 Å². The van der Waals surface area contributed by atoms with Crippen molar-refractivity contribution in [2.45, 2.75) is 18.9 Å². The molecule has 1 atom stereocenters. The summed E-state index contributed by atoms with van der Waals surface area (Å²) >= 11 is 0.